The van der Waals surface area contributed by atoms with Crippen molar-refractivity contribution in [2.75, 3.05) is 20.8 Å². The minimum Gasteiger partial charge on any atom is -0.463 e. The standard InChI is InChI=1S/C10H18O5/c1-5-15-9(12)7(2)6-8(11)10(13-3)14-4/h8,10-11H,2,5-6H2,1,3-4H3/t8-/m0/s1. The zero-order valence-electron chi connectivity index (χ0n) is 9.36. The van der Waals surface area contributed by atoms with Crippen LogP contribution in [0.3, 0.4) is 0 Å². The molecule has 0 unspecified atom stereocenters. The number of rotatable bonds is 7. The Balaban J connectivity index is 4.10. The van der Waals surface area contributed by atoms with Gasteiger partial charge in [-0.15, -0.1) is 0 Å². The van der Waals surface area contributed by atoms with Crippen LogP contribution in [-0.2, 0) is 19.0 Å². The van der Waals surface area contributed by atoms with Gasteiger partial charge in [0.25, 0.3) is 0 Å². The van der Waals surface area contributed by atoms with Crippen LogP contribution in [0.4, 0.5) is 0 Å². The number of methoxy groups -OCH3 is 2. The highest BCUT2D eigenvalue weighted by atomic mass is 16.7. The summed E-state index contributed by atoms with van der Waals surface area (Å²) in [6.07, 6.45) is -1.64. The predicted molar refractivity (Wildman–Crippen MR) is 54.2 cm³/mol. The van der Waals surface area contributed by atoms with Crippen LogP contribution in [0, 0.1) is 0 Å². The third-order valence-electron chi connectivity index (χ3n) is 1.80. The Morgan fingerprint density at radius 2 is 1.93 bits per heavy atom. The Morgan fingerprint density at radius 3 is 2.33 bits per heavy atom. The van der Waals surface area contributed by atoms with E-state index in [0.29, 0.717) is 0 Å². The fourth-order valence-electron chi connectivity index (χ4n) is 1.08. The van der Waals surface area contributed by atoms with Gasteiger partial charge in [0, 0.05) is 26.2 Å². The summed E-state index contributed by atoms with van der Waals surface area (Å²) in [6, 6.07) is 0. The monoisotopic (exact) mass is 218 g/mol. The van der Waals surface area contributed by atoms with Gasteiger partial charge < -0.3 is 19.3 Å². The maximum absolute atomic E-state index is 11.2. The highest BCUT2D eigenvalue weighted by molar-refractivity contribution is 5.87. The summed E-state index contributed by atoms with van der Waals surface area (Å²) in [5.41, 5.74) is 0.198. The van der Waals surface area contributed by atoms with E-state index < -0.39 is 18.4 Å². The van der Waals surface area contributed by atoms with Gasteiger partial charge in [0.2, 0.25) is 0 Å². The van der Waals surface area contributed by atoms with Gasteiger partial charge in [0.1, 0.15) is 6.10 Å². The van der Waals surface area contributed by atoms with Crippen LogP contribution in [0.5, 0.6) is 0 Å². The third-order valence-corrected chi connectivity index (χ3v) is 1.80. The predicted octanol–water partition coefficient (Wildman–Crippen LogP) is 0.476. The average Bonchev–Trinajstić information content (AvgIpc) is 2.19. The Morgan fingerprint density at radius 1 is 1.40 bits per heavy atom. The maximum Gasteiger partial charge on any atom is 0.333 e. The summed E-state index contributed by atoms with van der Waals surface area (Å²) in [5, 5.41) is 9.58. The van der Waals surface area contributed by atoms with Crippen molar-refractivity contribution in [2.45, 2.75) is 25.7 Å². The minimum absolute atomic E-state index is 0.0607. The topological polar surface area (TPSA) is 65.0 Å². The average molecular weight is 218 g/mol. The Bertz CT molecular complexity index is 210. The Hall–Kier alpha value is -0.910. The van der Waals surface area contributed by atoms with E-state index >= 15 is 0 Å². The molecule has 0 amide bonds. The number of ether oxygens (including phenoxy) is 3. The van der Waals surface area contributed by atoms with Crippen molar-refractivity contribution >= 4 is 5.97 Å². The van der Waals surface area contributed by atoms with E-state index in [4.69, 9.17) is 14.2 Å². The second kappa shape index (κ2) is 7.39. The second-order valence-corrected chi connectivity index (χ2v) is 2.94. The van der Waals surface area contributed by atoms with Crippen molar-refractivity contribution in [1.29, 1.82) is 0 Å². The number of esters is 1. The first-order valence-electron chi connectivity index (χ1n) is 4.65. The summed E-state index contributed by atoms with van der Waals surface area (Å²) >= 11 is 0. The highest BCUT2D eigenvalue weighted by Crippen LogP contribution is 2.11. The van der Waals surface area contributed by atoms with E-state index in [0.717, 1.165) is 0 Å². The molecule has 0 aliphatic heterocycles. The number of aliphatic hydroxyl groups excluding tert-OH is 1. The highest BCUT2D eigenvalue weighted by Gasteiger charge is 2.21. The lowest BCUT2D eigenvalue weighted by Crippen LogP contribution is -2.31. The van der Waals surface area contributed by atoms with Crippen LogP contribution < -0.4 is 0 Å². The van der Waals surface area contributed by atoms with Gasteiger partial charge in [-0.2, -0.15) is 0 Å². The van der Waals surface area contributed by atoms with Crippen molar-refractivity contribution in [1.82, 2.24) is 0 Å². The minimum atomic E-state index is -0.933. The number of carbonyl (C=O) groups excluding carboxylic acids is 1. The normalized spacial score (nSPS) is 12.6. The van der Waals surface area contributed by atoms with Crippen molar-refractivity contribution in [2.24, 2.45) is 0 Å². The number of hydrogen-bond acceptors (Lipinski definition) is 5. The van der Waals surface area contributed by atoms with E-state index in [9.17, 15) is 9.90 Å². The van der Waals surface area contributed by atoms with Gasteiger partial charge in [0.15, 0.2) is 6.29 Å². The van der Waals surface area contributed by atoms with Gasteiger partial charge in [-0.3, -0.25) is 0 Å². The molecule has 0 saturated heterocycles. The smallest absolute Gasteiger partial charge is 0.333 e. The summed E-state index contributed by atoms with van der Waals surface area (Å²) in [6.45, 7) is 5.51. The molecule has 0 saturated carbocycles. The molecule has 1 atom stereocenters. The number of aliphatic hydroxyl groups is 1. The van der Waals surface area contributed by atoms with Crippen LogP contribution in [0.25, 0.3) is 0 Å². The summed E-state index contributed by atoms with van der Waals surface area (Å²) < 4.78 is 14.4. The molecular formula is C10H18O5. The molecule has 0 aliphatic rings. The molecule has 0 rings (SSSR count). The molecule has 0 heterocycles. The molecule has 0 aromatic carbocycles. The lowest BCUT2D eigenvalue weighted by Gasteiger charge is -2.20. The van der Waals surface area contributed by atoms with E-state index in [1.54, 1.807) is 6.92 Å². The zero-order chi connectivity index (χ0) is 11.8. The zero-order valence-corrected chi connectivity index (χ0v) is 9.36. The fourth-order valence-corrected chi connectivity index (χ4v) is 1.08. The molecule has 5 heteroatoms. The van der Waals surface area contributed by atoms with E-state index in [1.807, 2.05) is 0 Å². The molecule has 88 valence electrons. The quantitative estimate of drug-likeness (QED) is 0.382. The summed E-state index contributed by atoms with van der Waals surface area (Å²) in [4.78, 5) is 11.2. The lowest BCUT2D eigenvalue weighted by atomic mass is 10.1. The second-order valence-electron chi connectivity index (χ2n) is 2.94. The molecule has 0 aromatic heterocycles. The molecule has 0 fully saturated rings. The molecule has 5 nitrogen and oxygen atoms in total. The molecular weight excluding hydrogens is 200 g/mol. The number of carbonyl (C=O) groups is 1. The van der Waals surface area contributed by atoms with E-state index in [-0.39, 0.29) is 18.6 Å². The number of hydrogen-bond donors (Lipinski definition) is 1. The van der Waals surface area contributed by atoms with Gasteiger partial charge in [0.05, 0.1) is 6.61 Å². The van der Waals surface area contributed by atoms with Crippen LogP contribution in [-0.4, -0.2) is 44.3 Å². The van der Waals surface area contributed by atoms with Crippen molar-refractivity contribution in [3.05, 3.63) is 12.2 Å². The fraction of sp³-hybridized carbons (Fsp3) is 0.700. The third kappa shape index (κ3) is 4.92. The molecule has 0 bridgehead atoms. The molecule has 0 radical (unpaired) electrons. The van der Waals surface area contributed by atoms with Gasteiger partial charge in [-0.25, -0.2) is 4.79 Å². The van der Waals surface area contributed by atoms with Crippen LogP contribution >= 0.6 is 0 Å². The van der Waals surface area contributed by atoms with Crippen molar-refractivity contribution in [3.63, 3.8) is 0 Å². The van der Waals surface area contributed by atoms with Gasteiger partial charge >= 0.3 is 5.97 Å². The molecule has 0 aromatic rings. The largest absolute Gasteiger partial charge is 0.463 e. The Kier molecular flexibility index (Phi) is 6.94. The van der Waals surface area contributed by atoms with Crippen LogP contribution in [0.2, 0.25) is 0 Å². The van der Waals surface area contributed by atoms with Crippen molar-refractivity contribution < 1.29 is 24.1 Å². The van der Waals surface area contributed by atoms with E-state index in [2.05, 4.69) is 6.58 Å². The first kappa shape index (κ1) is 14.1. The first-order valence-corrected chi connectivity index (χ1v) is 4.65. The summed E-state index contributed by atoms with van der Waals surface area (Å²) in [7, 11) is 2.81. The van der Waals surface area contributed by atoms with Gasteiger partial charge in [-0.05, 0) is 6.92 Å². The maximum atomic E-state index is 11.2. The molecule has 0 spiro atoms. The van der Waals surface area contributed by atoms with Gasteiger partial charge in [-0.1, -0.05) is 6.58 Å². The van der Waals surface area contributed by atoms with Crippen LogP contribution in [0.1, 0.15) is 13.3 Å². The Labute approximate surface area is 89.6 Å². The van der Waals surface area contributed by atoms with Crippen molar-refractivity contribution in [3.8, 4) is 0 Å². The summed E-state index contributed by atoms with van der Waals surface area (Å²) in [5.74, 6) is -0.512. The SMILES string of the molecule is C=C(C[C@H](O)C(OC)OC)C(=O)OCC. The first-order chi connectivity index (χ1) is 7.06. The van der Waals surface area contributed by atoms with E-state index in [1.165, 1.54) is 14.2 Å². The lowest BCUT2D eigenvalue weighted by molar-refractivity contribution is -0.164. The molecule has 1 N–H and O–H groups in total. The van der Waals surface area contributed by atoms with Crippen LogP contribution in [0.15, 0.2) is 12.2 Å². The molecule has 15 heavy (non-hydrogen) atoms. The molecule has 0 aliphatic carbocycles.